The Morgan fingerprint density at radius 2 is 1.87 bits per heavy atom. The van der Waals surface area contributed by atoms with Gasteiger partial charge in [0.05, 0.1) is 5.88 Å². The summed E-state index contributed by atoms with van der Waals surface area (Å²) in [4.78, 5) is 8.46. The second-order valence-electron chi connectivity index (χ2n) is 3.00. The lowest BCUT2D eigenvalue weighted by Gasteiger charge is -2.18. The van der Waals surface area contributed by atoms with Crippen molar-refractivity contribution in [1.82, 2.24) is 9.97 Å². The van der Waals surface area contributed by atoms with Crippen molar-refractivity contribution >= 4 is 17.5 Å². The Kier molecular flexibility index (Phi) is 3.73. The molecule has 15 heavy (non-hydrogen) atoms. The van der Waals surface area contributed by atoms with Crippen LogP contribution in [0.5, 0.6) is 0 Å². The molecule has 0 amide bonds. The maximum absolute atomic E-state index is 12.0. The zero-order valence-electron chi connectivity index (χ0n) is 7.92. The van der Waals surface area contributed by atoms with Crippen molar-refractivity contribution < 1.29 is 13.2 Å². The number of hydrogen-bond acceptors (Lipinski definition) is 3. The third kappa shape index (κ3) is 3.91. The smallest absolute Gasteiger partial charge is 0.335 e. The first-order valence-electron chi connectivity index (χ1n) is 4.07. The summed E-state index contributed by atoms with van der Waals surface area (Å²) in [6, 6.07) is 0. The minimum Gasteiger partial charge on any atom is -0.335 e. The van der Waals surface area contributed by atoms with E-state index in [1.165, 1.54) is 19.4 Å². The molecular formula is C8H9ClF3N3. The average Bonchev–Trinajstić information content (AvgIpc) is 2.15. The average molecular weight is 240 g/mol. The molecule has 0 fully saturated rings. The first-order valence-corrected chi connectivity index (χ1v) is 4.60. The fraction of sp³-hybridized carbons (Fsp3) is 0.500. The standard InChI is InChI=1S/C8H9ClF3N3/c1-15(5-8(10,11)12)7-13-3-6(2-9)4-14-7/h3-4H,2,5H2,1H3. The molecule has 84 valence electrons. The highest BCUT2D eigenvalue weighted by Crippen LogP contribution is 2.18. The Hall–Kier alpha value is -1.04. The predicted molar refractivity (Wildman–Crippen MR) is 50.9 cm³/mol. The van der Waals surface area contributed by atoms with Crippen molar-refractivity contribution in [2.24, 2.45) is 0 Å². The van der Waals surface area contributed by atoms with E-state index in [2.05, 4.69) is 9.97 Å². The Morgan fingerprint density at radius 1 is 1.33 bits per heavy atom. The Morgan fingerprint density at radius 3 is 2.27 bits per heavy atom. The summed E-state index contributed by atoms with van der Waals surface area (Å²) in [5.74, 6) is 0.268. The zero-order valence-corrected chi connectivity index (χ0v) is 8.68. The summed E-state index contributed by atoms with van der Waals surface area (Å²) >= 11 is 5.49. The maximum Gasteiger partial charge on any atom is 0.406 e. The van der Waals surface area contributed by atoms with Crippen LogP contribution < -0.4 is 4.90 Å². The molecule has 1 aromatic heterocycles. The number of aromatic nitrogens is 2. The third-order valence-electron chi connectivity index (χ3n) is 1.60. The molecule has 0 atom stereocenters. The van der Waals surface area contributed by atoms with Crippen LogP contribution in [0, 0.1) is 0 Å². The van der Waals surface area contributed by atoms with E-state index in [9.17, 15) is 13.2 Å². The van der Waals surface area contributed by atoms with E-state index in [-0.39, 0.29) is 11.8 Å². The van der Waals surface area contributed by atoms with Crippen LogP contribution in [0.3, 0.4) is 0 Å². The Bertz CT molecular complexity index is 312. The van der Waals surface area contributed by atoms with Gasteiger partial charge in [0.25, 0.3) is 0 Å². The van der Waals surface area contributed by atoms with E-state index < -0.39 is 12.7 Å². The molecule has 0 bridgehead atoms. The van der Waals surface area contributed by atoms with Crippen LogP contribution >= 0.6 is 11.6 Å². The fourth-order valence-electron chi connectivity index (χ4n) is 0.954. The van der Waals surface area contributed by atoms with Gasteiger partial charge in [0, 0.05) is 25.0 Å². The van der Waals surface area contributed by atoms with Gasteiger partial charge in [-0.1, -0.05) is 0 Å². The van der Waals surface area contributed by atoms with E-state index >= 15 is 0 Å². The van der Waals surface area contributed by atoms with Gasteiger partial charge < -0.3 is 4.90 Å². The van der Waals surface area contributed by atoms with Gasteiger partial charge in [0.2, 0.25) is 5.95 Å². The van der Waals surface area contributed by atoms with E-state index in [1.54, 1.807) is 0 Å². The van der Waals surface area contributed by atoms with Crippen molar-refractivity contribution in [3.63, 3.8) is 0 Å². The third-order valence-corrected chi connectivity index (χ3v) is 1.91. The van der Waals surface area contributed by atoms with Gasteiger partial charge in [-0.15, -0.1) is 11.6 Å². The normalized spacial score (nSPS) is 11.5. The summed E-state index contributed by atoms with van der Waals surface area (Å²) in [5.41, 5.74) is 0.667. The number of rotatable bonds is 3. The van der Waals surface area contributed by atoms with Crippen LogP contribution in [-0.2, 0) is 5.88 Å². The van der Waals surface area contributed by atoms with Gasteiger partial charge in [-0.3, -0.25) is 0 Å². The number of halogens is 4. The SMILES string of the molecule is CN(CC(F)(F)F)c1ncc(CCl)cn1. The van der Waals surface area contributed by atoms with Gasteiger partial charge in [-0.2, -0.15) is 13.2 Å². The minimum atomic E-state index is -4.26. The summed E-state index contributed by atoms with van der Waals surface area (Å²) < 4.78 is 36.1. The molecule has 0 aliphatic heterocycles. The second kappa shape index (κ2) is 4.65. The van der Waals surface area contributed by atoms with E-state index in [0.717, 1.165) is 4.90 Å². The molecule has 1 aromatic rings. The highest BCUT2D eigenvalue weighted by molar-refractivity contribution is 6.17. The predicted octanol–water partition coefficient (Wildman–Crippen LogP) is 2.21. The molecule has 0 saturated carbocycles. The summed E-state index contributed by atoms with van der Waals surface area (Å²) in [6.45, 7) is -1.08. The molecular weight excluding hydrogens is 231 g/mol. The van der Waals surface area contributed by atoms with Gasteiger partial charge in [0.1, 0.15) is 6.54 Å². The monoisotopic (exact) mass is 239 g/mol. The van der Waals surface area contributed by atoms with Crippen LogP contribution in [0.25, 0.3) is 0 Å². The van der Waals surface area contributed by atoms with Crippen LogP contribution in [0.2, 0.25) is 0 Å². The topological polar surface area (TPSA) is 29.0 Å². The van der Waals surface area contributed by atoms with Crippen molar-refractivity contribution in [3.05, 3.63) is 18.0 Å². The Labute approximate surface area is 89.9 Å². The molecule has 0 aliphatic carbocycles. The highest BCUT2D eigenvalue weighted by Gasteiger charge is 2.30. The molecule has 0 saturated heterocycles. The number of anilines is 1. The van der Waals surface area contributed by atoms with Gasteiger partial charge in [0.15, 0.2) is 0 Å². The lowest BCUT2D eigenvalue weighted by molar-refractivity contribution is -0.119. The minimum absolute atomic E-state index is 0.0289. The van der Waals surface area contributed by atoms with Crippen molar-refractivity contribution in [3.8, 4) is 0 Å². The quantitative estimate of drug-likeness (QED) is 0.758. The van der Waals surface area contributed by atoms with Crippen LogP contribution in [0.15, 0.2) is 12.4 Å². The van der Waals surface area contributed by atoms with Gasteiger partial charge >= 0.3 is 6.18 Å². The van der Waals surface area contributed by atoms with E-state index in [0.29, 0.717) is 5.56 Å². The summed E-state index contributed by atoms with van der Waals surface area (Å²) in [5, 5.41) is 0. The molecule has 0 radical (unpaired) electrons. The molecule has 1 heterocycles. The molecule has 0 spiro atoms. The highest BCUT2D eigenvalue weighted by atomic mass is 35.5. The van der Waals surface area contributed by atoms with Crippen molar-refractivity contribution in [1.29, 1.82) is 0 Å². The van der Waals surface area contributed by atoms with Gasteiger partial charge in [-0.25, -0.2) is 9.97 Å². The lowest BCUT2D eigenvalue weighted by Crippen LogP contribution is -2.32. The van der Waals surface area contributed by atoms with Crippen molar-refractivity contribution in [2.75, 3.05) is 18.5 Å². The molecule has 0 aromatic carbocycles. The molecule has 3 nitrogen and oxygen atoms in total. The molecule has 7 heteroatoms. The number of hydrogen-bond donors (Lipinski definition) is 0. The van der Waals surface area contributed by atoms with Crippen molar-refractivity contribution in [2.45, 2.75) is 12.1 Å². The molecule has 0 N–H and O–H groups in total. The van der Waals surface area contributed by atoms with E-state index in [1.807, 2.05) is 0 Å². The van der Waals surface area contributed by atoms with Crippen LogP contribution in [0.4, 0.5) is 19.1 Å². The maximum atomic E-state index is 12.0. The molecule has 0 aliphatic rings. The fourth-order valence-corrected chi connectivity index (χ4v) is 1.09. The first kappa shape index (κ1) is 12.0. The number of alkyl halides is 4. The van der Waals surface area contributed by atoms with E-state index in [4.69, 9.17) is 11.6 Å². The summed E-state index contributed by atoms with van der Waals surface area (Å²) in [6.07, 6.45) is -1.45. The lowest BCUT2D eigenvalue weighted by atomic mass is 10.4. The largest absolute Gasteiger partial charge is 0.406 e. The van der Waals surface area contributed by atoms with Crippen LogP contribution in [-0.4, -0.2) is 29.7 Å². The molecule has 0 unspecified atom stereocenters. The first-order chi connectivity index (χ1) is 6.92. The Balaban J connectivity index is 2.70. The van der Waals surface area contributed by atoms with Crippen LogP contribution in [0.1, 0.15) is 5.56 Å². The molecule has 1 rings (SSSR count). The second-order valence-corrected chi connectivity index (χ2v) is 3.26. The zero-order chi connectivity index (χ0) is 11.5. The van der Waals surface area contributed by atoms with Gasteiger partial charge in [-0.05, 0) is 0 Å². The summed E-state index contributed by atoms with van der Waals surface area (Å²) in [7, 11) is 1.28. The number of nitrogens with zero attached hydrogens (tertiary/aromatic N) is 3.